The van der Waals surface area contributed by atoms with Gasteiger partial charge in [-0.3, -0.25) is 0 Å². The van der Waals surface area contributed by atoms with Gasteiger partial charge in [0, 0.05) is 5.56 Å². The summed E-state index contributed by atoms with van der Waals surface area (Å²) in [6.45, 7) is -0.457. The molecule has 0 aliphatic carbocycles. The van der Waals surface area contributed by atoms with E-state index in [1.807, 2.05) is 0 Å². The van der Waals surface area contributed by atoms with Gasteiger partial charge in [-0.05, 0) is 24.3 Å². The Morgan fingerprint density at radius 2 is 1.95 bits per heavy atom. The van der Waals surface area contributed by atoms with E-state index in [1.54, 1.807) is 0 Å². The smallest absolute Gasteiger partial charge is 0.242 e. The molecule has 0 amide bonds. The highest BCUT2D eigenvalue weighted by molar-refractivity contribution is 7.90. The largest absolute Gasteiger partial charge is 0.395 e. The number of sulfone groups is 1. The van der Waals surface area contributed by atoms with Crippen molar-refractivity contribution >= 4 is 9.84 Å². The molecule has 1 aromatic heterocycles. The summed E-state index contributed by atoms with van der Waals surface area (Å²) in [6.07, 6.45) is 0. The third-order valence-corrected chi connectivity index (χ3v) is 3.81. The second-order valence-corrected chi connectivity index (χ2v) is 6.02. The van der Waals surface area contributed by atoms with Crippen molar-refractivity contribution in [3.63, 3.8) is 0 Å². The second kappa shape index (κ2) is 5.45. The number of hydrogen-bond donors (Lipinski definition) is 1. The summed E-state index contributed by atoms with van der Waals surface area (Å²) in [6, 6.07) is 5.42. The monoisotopic (exact) mass is 286 g/mol. The summed E-state index contributed by atoms with van der Waals surface area (Å²) in [5, 5.41) is 12.2. The standard InChI is InChI=1S/C11H11FN2O4S/c12-9-3-1-8(2-4-9)11-13-10(18-14-11)7-19(16,17)6-5-15/h1-4,15H,5-7H2. The van der Waals surface area contributed by atoms with E-state index >= 15 is 0 Å². The van der Waals surface area contributed by atoms with Crippen molar-refractivity contribution in [2.45, 2.75) is 5.75 Å². The van der Waals surface area contributed by atoms with E-state index in [0.717, 1.165) is 0 Å². The summed E-state index contributed by atoms with van der Waals surface area (Å²) in [5.74, 6) is -1.05. The highest BCUT2D eigenvalue weighted by Crippen LogP contribution is 2.17. The molecular formula is C11H11FN2O4S. The van der Waals surface area contributed by atoms with E-state index in [2.05, 4.69) is 10.1 Å². The van der Waals surface area contributed by atoms with Crippen LogP contribution in [-0.2, 0) is 15.6 Å². The van der Waals surface area contributed by atoms with E-state index in [0.29, 0.717) is 5.56 Å². The van der Waals surface area contributed by atoms with Crippen LogP contribution >= 0.6 is 0 Å². The Hall–Kier alpha value is -1.80. The minimum absolute atomic E-state index is 0.0622. The van der Waals surface area contributed by atoms with E-state index in [1.165, 1.54) is 24.3 Å². The van der Waals surface area contributed by atoms with Gasteiger partial charge in [0.2, 0.25) is 11.7 Å². The fraction of sp³-hybridized carbons (Fsp3) is 0.273. The summed E-state index contributed by atoms with van der Waals surface area (Å²) in [7, 11) is -3.47. The van der Waals surface area contributed by atoms with E-state index in [9.17, 15) is 12.8 Å². The Balaban J connectivity index is 2.18. The lowest BCUT2D eigenvalue weighted by atomic mass is 10.2. The topological polar surface area (TPSA) is 93.3 Å². The Morgan fingerprint density at radius 3 is 2.58 bits per heavy atom. The van der Waals surface area contributed by atoms with Crippen molar-refractivity contribution in [1.29, 1.82) is 0 Å². The molecule has 0 spiro atoms. The highest BCUT2D eigenvalue weighted by atomic mass is 32.2. The summed E-state index contributed by atoms with van der Waals surface area (Å²) in [5.41, 5.74) is 0.524. The first-order valence-corrected chi connectivity index (χ1v) is 7.22. The summed E-state index contributed by atoms with van der Waals surface area (Å²) in [4.78, 5) is 3.92. The maximum Gasteiger partial charge on any atom is 0.242 e. The molecule has 19 heavy (non-hydrogen) atoms. The fourth-order valence-corrected chi connectivity index (χ4v) is 2.35. The van der Waals surface area contributed by atoms with Gasteiger partial charge in [-0.1, -0.05) is 5.16 Å². The normalized spacial score (nSPS) is 11.7. The minimum atomic E-state index is -3.47. The van der Waals surface area contributed by atoms with Crippen LogP contribution in [-0.4, -0.2) is 36.0 Å². The van der Waals surface area contributed by atoms with Gasteiger partial charge in [-0.2, -0.15) is 4.98 Å². The van der Waals surface area contributed by atoms with Crippen molar-refractivity contribution in [2.24, 2.45) is 0 Å². The fourth-order valence-electron chi connectivity index (χ4n) is 1.43. The van der Waals surface area contributed by atoms with Crippen molar-refractivity contribution in [3.05, 3.63) is 36.0 Å². The molecule has 0 atom stereocenters. The van der Waals surface area contributed by atoms with Gasteiger partial charge in [0.1, 0.15) is 11.6 Å². The second-order valence-electron chi connectivity index (χ2n) is 3.83. The molecule has 102 valence electrons. The van der Waals surface area contributed by atoms with Crippen molar-refractivity contribution in [3.8, 4) is 11.4 Å². The number of aliphatic hydroxyl groups is 1. The first kappa shape index (κ1) is 13.6. The van der Waals surface area contributed by atoms with Crippen LogP contribution < -0.4 is 0 Å². The molecule has 0 aliphatic rings. The third-order valence-electron chi connectivity index (χ3n) is 2.32. The zero-order valence-electron chi connectivity index (χ0n) is 9.78. The van der Waals surface area contributed by atoms with Crippen LogP contribution in [0.15, 0.2) is 28.8 Å². The molecule has 1 aromatic carbocycles. The van der Waals surface area contributed by atoms with Gasteiger partial charge in [0.15, 0.2) is 9.84 Å². The third kappa shape index (κ3) is 3.58. The SMILES string of the molecule is O=S(=O)(CCO)Cc1nc(-c2ccc(F)cc2)no1. The molecule has 0 saturated heterocycles. The van der Waals surface area contributed by atoms with E-state index in [4.69, 9.17) is 9.63 Å². The van der Waals surface area contributed by atoms with Gasteiger partial charge in [0.25, 0.3) is 0 Å². The van der Waals surface area contributed by atoms with Gasteiger partial charge in [-0.15, -0.1) is 0 Å². The molecule has 0 fully saturated rings. The van der Waals surface area contributed by atoms with E-state index < -0.39 is 28.0 Å². The van der Waals surface area contributed by atoms with Gasteiger partial charge in [-0.25, -0.2) is 12.8 Å². The van der Waals surface area contributed by atoms with Gasteiger partial charge >= 0.3 is 0 Å². The number of hydrogen-bond acceptors (Lipinski definition) is 6. The molecule has 0 saturated carbocycles. The molecule has 0 radical (unpaired) electrons. The van der Waals surface area contributed by atoms with Gasteiger partial charge in [0.05, 0.1) is 12.4 Å². The maximum atomic E-state index is 12.7. The molecule has 2 aromatic rings. The van der Waals surface area contributed by atoms with Crippen LogP contribution in [0.2, 0.25) is 0 Å². The van der Waals surface area contributed by atoms with E-state index in [-0.39, 0.29) is 17.5 Å². The first-order valence-electron chi connectivity index (χ1n) is 5.40. The molecule has 0 bridgehead atoms. The van der Waals surface area contributed by atoms with Crippen LogP contribution in [0.1, 0.15) is 5.89 Å². The predicted molar refractivity (Wildman–Crippen MR) is 64.3 cm³/mol. The zero-order valence-corrected chi connectivity index (χ0v) is 10.6. The number of nitrogens with zero attached hydrogens (tertiary/aromatic N) is 2. The quantitative estimate of drug-likeness (QED) is 0.873. The molecule has 8 heteroatoms. The molecule has 1 N–H and O–H groups in total. The predicted octanol–water partition coefficient (Wildman–Crippen LogP) is 0.783. The van der Waals surface area contributed by atoms with Crippen LogP contribution in [0, 0.1) is 5.82 Å². The number of halogens is 1. The lowest BCUT2D eigenvalue weighted by Crippen LogP contribution is -2.12. The number of rotatable bonds is 5. The lowest BCUT2D eigenvalue weighted by molar-refractivity contribution is 0.319. The van der Waals surface area contributed by atoms with Crippen LogP contribution in [0.4, 0.5) is 4.39 Å². The molecule has 1 heterocycles. The average molecular weight is 286 g/mol. The minimum Gasteiger partial charge on any atom is -0.395 e. The van der Waals surface area contributed by atoms with Crippen molar-refractivity contribution in [2.75, 3.05) is 12.4 Å². The van der Waals surface area contributed by atoms with Crippen molar-refractivity contribution < 1.29 is 22.4 Å². The summed E-state index contributed by atoms with van der Waals surface area (Å²) >= 11 is 0. The van der Waals surface area contributed by atoms with Crippen LogP contribution in [0.25, 0.3) is 11.4 Å². The highest BCUT2D eigenvalue weighted by Gasteiger charge is 2.17. The Morgan fingerprint density at radius 1 is 1.26 bits per heavy atom. The number of aliphatic hydroxyl groups excluding tert-OH is 1. The average Bonchev–Trinajstić information content (AvgIpc) is 2.77. The molecule has 0 unspecified atom stereocenters. The van der Waals surface area contributed by atoms with Crippen molar-refractivity contribution in [1.82, 2.24) is 10.1 Å². The Kier molecular flexibility index (Phi) is 3.91. The molecule has 0 aliphatic heterocycles. The summed E-state index contributed by atoms with van der Waals surface area (Å²) < 4.78 is 40.5. The molecular weight excluding hydrogens is 275 g/mol. The first-order chi connectivity index (χ1) is 9.00. The lowest BCUT2D eigenvalue weighted by Gasteiger charge is -1.96. The van der Waals surface area contributed by atoms with Crippen LogP contribution in [0.3, 0.4) is 0 Å². The molecule has 6 nitrogen and oxygen atoms in total. The number of aromatic nitrogens is 2. The van der Waals surface area contributed by atoms with Gasteiger partial charge < -0.3 is 9.63 Å². The maximum absolute atomic E-state index is 12.7. The van der Waals surface area contributed by atoms with Crippen LogP contribution in [0.5, 0.6) is 0 Å². The Labute approximate surface area is 108 Å². The zero-order chi connectivity index (χ0) is 13.9. The molecule has 2 rings (SSSR count). The number of benzene rings is 1. The Bertz CT molecular complexity index is 652.